The standard InChI is InChI=1S/C13H19FO3/c1-13(2,16-3)7-8-17-12-10(9-15)5-4-6-11(12)14/h4-6,15H,7-9H2,1-3H3. The Bertz CT molecular complexity index is 364. The lowest BCUT2D eigenvalue weighted by Gasteiger charge is -2.23. The van der Waals surface area contributed by atoms with Crippen LogP contribution in [0.15, 0.2) is 18.2 Å². The van der Waals surface area contributed by atoms with E-state index in [4.69, 9.17) is 14.6 Å². The molecule has 0 atom stereocenters. The van der Waals surface area contributed by atoms with Crippen molar-refractivity contribution in [2.24, 2.45) is 0 Å². The van der Waals surface area contributed by atoms with Crippen LogP contribution in [0.25, 0.3) is 0 Å². The van der Waals surface area contributed by atoms with E-state index < -0.39 is 5.82 Å². The third-order valence-corrected chi connectivity index (χ3v) is 2.72. The summed E-state index contributed by atoms with van der Waals surface area (Å²) in [5.74, 6) is -0.325. The van der Waals surface area contributed by atoms with Crippen molar-refractivity contribution in [3.63, 3.8) is 0 Å². The molecule has 1 N–H and O–H groups in total. The van der Waals surface area contributed by atoms with E-state index >= 15 is 0 Å². The third-order valence-electron chi connectivity index (χ3n) is 2.72. The lowest BCUT2D eigenvalue weighted by atomic mass is 10.1. The predicted octanol–water partition coefficient (Wildman–Crippen LogP) is 2.51. The van der Waals surface area contributed by atoms with Crippen molar-refractivity contribution in [1.29, 1.82) is 0 Å². The van der Waals surface area contributed by atoms with Gasteiger partial charge < -0.3 is 14.6 Å². The second-order valence-corrected chi connectivity index (χ2v) is 4.45. The van der Waals surface area contributed by atoms with Crippen LogP contribution in [0.3, 0.4) is 0 Å². The molecule has 0 aliphatic carbocycles. The topological polar surface area (TPSA) is 38.7 Å². The molecule has 1 aromatic carbocycles. The second kappa shape index (κ2) is 5.98. The lowest BCUT2D eigenvalue weighted by Crippen LogP contribution is -2.25. The molecule has 0 fully saturated rings. The maximum Gasteiger partial charge on any atom is 0.165 e. The first kappa shape index (κ1) is 13.9. The van der Waals surface area contributed by atoms with E-state index in [0.717, 1.165) is 0 Å². The number of benzene rings is 1. The average Bonchev–Trinajstić information content (AvgIpc) is 2.31. The van der Waals surface area contributed by atoms with Gasteiger partial charge in [-0.3, -0.25) is 0 Å². The highest BCUT2D eigenvalue weighted by Crippen LogP contribution is 2.23. The minimum Gasteiger partial charge on any atom is -0.490 e. The summed E-state index contributed by atoms with van der Waals surface area (Å²) in [6, 6.07) is 4.50. The molecular formula is C13H19FO3. The fraction of sp³-hybridized carbons (Fsp3) is 0.538. The van der Waals surface area contributed by atoms with Gasteiger partial charge in [0.1, 0.15) is 0 Å². The molecule has 4 heteroatoms. The molecule has 0 heterocycles. The molecule has 0 amide bonds. The van der Waals surface area contributed by atoms with Gasteiger partial charge in [-0.2, -0.15) is 0 Å². The Labute approximate surface area is 101 Å². The van der Waals surface area contributed by atoms with E-state index in [0.29, 0.717) is 18.6 Å². The van der Waals surface area contributed by atoms with Gasteiger partial charge in [-0.05, 0) is 19.9 Å². The number of ether oxygens (including phenoxy) is 2. The van der Waals surface area contributed by atoms with Crippen LogP contribution in [0.2, 0.25) is 0 Å². The highest BCUT2D eigenvalue weighted by molar-refractivity contribution is 5.34. The van der Waals surface area contributed by atoms with E-state index in [1.807, 2.05) is 13.8 Å². The van der Waals surface area contributed by atoms with E-state index in [1.165, 1.54) is 6.07 Å². The third kappa shape index (κ3) is 3.98. The summed E-state index contributed by atoms with van der Waals surface area (Å²) in [6.45, 7) is 3.98. The predicted molar refractivity (Wildman–Crippen MR) is 63.5 cm³/mol. The van der Waals surface area contributed by atoms with Crippen molar-refractivity contribution in [3.8, 4) is 5.75 Å². The van der Waals surface area contributed by atoms with Crippen LogP contribution in [-0.4, -0.2) is 24.4 Å². The van der Waals surface area contributed by atoms with Crippen molar-refractivity contribution in [1.82, 2.24) is 0 Å². The van der Waals surface area contributed by atoms with Crippen LogP contribution in [0.5, 0.6) is 5.75 Å². The monoisotopic (exact) mass is 242 g/mol. The van der Waals surface area contributed by atoms with E-state index in [2.05, 4.69) is 0 Å². The molecule has 0 aliphatic rings. The Morgan fingerprint density at radius 1 is 1.35 bits per heavy atom. The van der Waals surface area contributed by atoms with E-state index in [9.17, 15) is 4.39 Å². The largest absolute Gasteiger partial charge is 0.490 e. The molecule has 3 nitrogen and oxygen atoms in total. The molecule has 1 aromatic rings. The smallest absolute Gasteiger partial charge is 0.165 e. The number of methoxy groups -OCH3 is 1. The van der Waals surface area contributed by atoms with Gasteiger partial charge in [0.2, 0.25) is 0 Å². The molecule has 0 spiro atoms. The number of rotatable bonds is 6. The van der Waals surface area contributed by atoms with Crippen molar-refractivity contribution in [2.75, 3.05) is 13.7 Å². The average molecular weight is 242 g/mol. The molecule has 0 saturated carbocycles. The minimum absolute atomic E-state index is 0.127. The van der Waals surface area contributed by atoms with Crippen LogP contribution < -0.4 is 4.74 Å². The number of aliphatic hydroxyl groups excluding tert-OH is 1. The summed E-state index contributed by atoms with van der Waals surface area (Å²) in [7, 11) is 1.63. The molecule has 96 valence electrons. The Morgan fingerprint density at radius 2 is 2.06 bits per heavy atom. The molecular weight excluding hydrogens is 223 g/mol. The summed E-state index contributed by atoms with van der Waals surface area (Å²) in [5, 5.41) is 9.08. The van der Waals surface area contributed by atoms with Crippen LogP contribution >= 0.6 is 0 Å². The summed E-state index contributed by atoms with van der Waals surface area (Å²) in [4.78, 5) is 0. The molecule has 0 aliphatic heterocycles. The SMILES string of the molecule is COC(C)(C)CCOc1c(F)cccc1CO. The van der Waals surface area contributed by atoms with Gasteiger partial charge in [-0.25, -0.2) is 4.39 Å². The van der Waals surface area contributed by atoms with Gasteiger partial charge in [-0.1, -0.05) is 12.1 Å². The summed E-state index contributed by atoms with van der Waals surface area (Å²) in [6.07, 6.45) is 0.642. The first-order chi connectivity index (χ1) is 8.00. The number of hydrogen-bond acceptors (Lipinski definition) is 3. The van der Waals surface area contributed by atoms with Crippen LogP contribution in [0.4, 0.5) is 4.39 Å². The molecule has 0 bridgehead atoms. The second-order valence-electron chi connectivity index (χ2n) is 4.45. The van der Waals surface area contributed by atoms with Gasteiger partial charge >= 0.3 is 0 Å². The highest BCUT2D eigenvalue weighted by atomic mass is 19.1. The molecule has 0 aromatic heterocycles. The van der Waals surface area contributed by atoms with Crippen molar-refractivity contribution >= 4 is 0 Å². The Balaban J connectivity index is 2.63. The van der Waals surface area contributed by atoms with Crippen LogP contribution in [0.1, 0.15) is 25.8 Å². The zero-order valence-corrected chi connectivity index (χ0v) is 10.5. The summed E-state index contributed by atoms with van der Waals surface area (Å²) >= 11 is 0. The normalized spacial score (nSPS) is 11.6. The summed E-state index contributed by atoms with van der Waals surface area (Å²) in [5.41, 5.74) is 0.158. The highest BCUT2D eigenvalue weighted by Gasteiger charge is 2.17. The quantitative estimate of drug-likeness (QED) is 0.833. The van der Waals surface area contributed by atoms with Gasteiger partial charge in [0.05, 0.1) is 18.8 Å². The first-order valence-corrected chi connectivity index (χ1v) is 5.56. The zero-order valence-electron chi connectivity index (χ0n) is 10.5. The van der Waals surface area contributed by atoms with Crippen molar-refractivity contribution < 1.29 is 19.0 Å². The number of aliphatic hydroxyl groups is 1. The fourth-order valence-electron chi connectivity index (χ4n) is 1.34. The molecule has 1 rings (SSSR count). The maximum atomic E-state index is 13.5. The Morgan fingerprint density at radius 3 is 2.65 bits per heavy atom. The number of hydrogen-bond donors (Lipinski definition) is 1. The van der Waals surface area contributed by atoms with Gasteiger partial charge in [-0.15, -0.1) is 0 Å². The number of para-hydroxylation sites is 1. The zero-order chi connectivity index (χ0) is 12.9. The minimum atomic E-state index is -0.452. The summed E-state index contributed by atoms with van der Waals surface area (Å²) < 4.78 is 24.1. The van der Waals surface area contributed by atoms with Gasteiger partial charge in [0.15, 0.2) is 11.6 Å². The van der Waals surface area contributed by atoms with E-state index in [-0.39, 0.29) is 18.0 Å². The van der Waals surface area contributed by atoms with E-state index in [1.54, 1.807) is 19.2 Å². The van der Waals surface area contributed by atoms with Gasteiger partial charge in [0.25, 0.3) is 0 Å². The van der Waals surface area contributed by atoms with Crippen molar-refractivity contribution in [3.05, 3.63) is 29.6 Å². The maximum absolute atomic E-state index is 13.5. The molecule has 0 unspecified atom stereocenters. The van der Waals surface area contributed by atoms with Crippen LogP contribution in [0, 0.1) is 5.82 Å². The Hall–Kier alpha value is -1.13. The van der Waals surface area contributed by atoms with Gasteiger partial charge in [0, 0.05) is 19.1 Å². The molecule has 0 saturated heterocycles. The number of halogens is 1. The Kier molecular flexibility index (Phi) is 4.90. The van der Waals surface area contributed by atoms with Crippen molar-refractivity contribution in [2.45, 2.75) is 32.5 Å². The molecule has 0 radical (unpaired) electrons. The fourth-order valence-corrected chi connectivity index (χ4v) is 1.34. The van der Waals surface area contributed by atoms with Crippen LogP contribution in [-0.2, 0) is 11.3 Å². The lowest BCUT2D eigenvalue weighted by molar-refractivity contribution is 0.00497. The molecule has 17 heavy (non-hydrogen) atoms. The first-order valence-electron chi connectivity index (χ1n) is 5.56.